The Morgan fingerprint density at radius 2 is 1.94 bits per heavy atom. The molecule has 0 atom stereocenters. The van der Waals surface area contributed by atoms with E-state index in [2.05, 4.69) is 10.2 Å². The maximum absolute atomic E-state index is 11.9. The fraction of sp³-hybridized carbons (Fsp3) is 0.929. The van der Waals surface area contributed by atoms with E-state index in [1.165, 1.54) is 38.5 Å². The van der Waals surface area contributed by atoms with Crippen molar-refractivity contribution in [2.75, 3.05) is 26.2 Å². The zero-order valence-corrected chi connectivity index (χ0v) is 11.4. The predicted octanol–water partition coefficient (Wildman–Crippen LogP) is 1.11. The first-order valence-corrected chi connectivity index (χ1v) is 7.50. The summed E-state index contributed by atoms with van der Waals surface area (Å²) in [5.41, 5.74) is 5.59. The van der Waals surface area contributed by atoms with E-state index >= 15 is 0 Å². The first-order valence-electron chi connectivity index (χ1n) is 7.50. The lowest BCUT2D eigenvalue weighted by Crippen LogP contribution is -2.43. The minimum absolute atomic E-state index is 0.200. The Labute approximate surface area is 110 Å². The number of carbonyl (C=O) groups is 1. The van der Waals surface area contributed by atoms with Crippen molar-refractivity contribution >= 4 is 5.91 Å². The standard InChI is InChI=1S/C14H27N3O/c15-8-3-9-17(13-4-1-2-5-13)11-14(18)16-10-12-6-7-12/h12-13H,1-11,15H2,(H,16,18). The van der Waals surface area contributed by atoms with Crippen LogP contribution in [0.25, 0.3) is 0 Å². The van der Waals surface area contributed by atoms with Crippen LogP contribution in [0, 0.1) is 5.92 Å². The van der Waals surface area contributed by atoms with Gasteiger partial charge in [0.1, 0.15) is 0 Å². The van der Waals surface area contributed by atoms with Crippen LogP contribution in [0.4, 0.5) is 0 Å². The van der Waals surface area contributed by atoms with Crippen LogP contribution in [0.5, 0.6) is 0 Å². The summed E-state index contributed by atoms with van der Waals surface area (Å²) in [6.07, 6.45) is 8.70. The van der Waals surface area contributed by atoms with E-state index in [4.69, 9.17) is 5.73 Å². The van der Waals surface area contributed by atoms with Gasteiger partial charge in [0, 0.05) is 19.1 Å². The van der Waals surface area contributed by atoms with E-state index in [-0.39, 0.29) is 5.91 Å². The predicted molar refractivity (Wildman–Crippen MR) is 73.2 cm³/mol. The van der Waals surface area contributed by atoms with Gasteiger partial charge >= 0.3 is 0 Å². The van der Waals surface area contributed by atoms with Crippen LogP contribution >= 0.6 is 0 Å². The molecule has 1 amide bonds. The molecule has 2 rings (SSSR count). The summed E-state index contributed by atoms with van der Waals surface area (Å²) >= 11 is 0. The summed E-state index contributed by atoms with van der Waals surface area (Å²) in [6.45, 7) is 3.14. The van der Waals surface area contributed by atoms with Crippen LogP contribution in [0.1, 0.15) is 44.9 Å². The number of carbonyl (C=O) groups excluding carboxylic acids is 1. The van der Waals surface area contributed by atoms with E-state index in [1.807, 2.05) is 0 Å². The zero-order chi connectivity index (χ0) is 12.8. The van der Waals surface area contributed by atoms with Gasteiger partial charge in [-0.2, -0.15) is 0 Å². The normalized spacial score (nSPS) is 20.6. The molecule has 0 bridgehead atoms. The quantitative estimate of drug-likeness (QED) is 0.681. The van der Waals surface area contributed by atoms with Crippen LogP contribution < -0.4 is 11.1 Å². The molecule has 3 N–H and O–H groups in total. The molecule has 0 aromatic rings. The van der Waals surface area contributed by atoms with Crippen molar-refractivity contribution < 1.29 is 4.79 Å². The fourth-order valence-corrected chi connectivity index (χ4v) is 2.78. The molecule has 4 nitrogen and oxygen atoms in total. The van der Waals surface area contributed by atoms with Gasteiger partial charge in [-0.15, -0.1) is 0 Å². The van der Waals surface area contributed by atoms with Gasteiger partial charge in [-0.1, -0.05) is 12.8 Å². The highest BCUT2D eigenvalue weighted by Crippen LogP contribution is 2.27. The summed E-state index contributed by atoms with van der Waals surface area (Å²) < 4.78 is 0. The Morgan fingerprint density at radius 3 is 2.56 bits per heavy atom. The Balaban J connectivity index is 1.72. The summed E-state index contributed by atoms with van der Waals surface area (Å²) in [6, 6.07) is 0.614. The van der Waals surface area contributed by atoms with E-state index < -0.39 is 0 Å². The molecule has 0 aromatic heterocycles. The fourth-order valence-electron chi connectivity index (χ4n) is 2.78. The Kier molecular flexibility index (Phi) is 5.45. The molecule has 2 aliphatic carbocycles. The second kappa shape index (κ2) is 7.10. The lowest BCUT2D eigenvalue weighted by atomic mass is 10.2. The van der Waals surface area contributed by atoms with Gasteiger partial charge in [-0.25, -0.2) is 0 Å². The van der Waals surface area contributed by atoms with Crippen molar-refractivity contribution in [3.8, 4) is 0 Å². The average molecular weight is 253 g/mol. The molecule has 0 radical (unpaired) electrons. The maximum Gasteiger partial charge on any atom is 0.234 e. The smallest absolute Gasteiger partial charge is 0.234 e. The third kappa shape index (κ3) is 4.58. The van der Waals surface area contributed by atoms with Crippen LogP contribution in [0.3, 0.4) is 0 Å². The highest BCUT2D eigenvalue weighted by atomic mass is 16.2. The third-order valence-corrected chi connectivity index (χ3v) is 4.12. The summed E-state index contributed by atoms with van der Waals surface area (Å²) in [7, 11) is 0. The van der Waals surface area contributed by atoms with E-state index in [0.717, 1.165) is 25.4 Å². The number of amides is 1. The molecular weight excluding hydrogens is 226 g/mol. The van der Waals surface area contributed by atoms with Crippen LogP contribution in [-0.2, 0) is 4.79 Å². The number of nitrogens with zero attached hydrogens (tertiary/aromatic N) is 1. The molecule has 0 unspecified atom stereocenters. The van der Waals surface area contributed by atoms with Crippen molar-refractivity contribution in [1.82, 2.24) is 10.2 Å². The summed E-state index contributed by atoms with van der Waals surface area (Å²) in [4.78, 5) is 14.3. The topological polar surface area (TPSA) is 58.4 Å². The lowest BCUT2D eigenvalue weighted by molar-refractivity contribution is -0.122. The van der Waals surface area contributed by atoms with Crippen molar-refractivity contribution in [3.05, 3.63) is 0 Å². The van der Waals surface area contributed by atoms with E-state index in [9.17, 15) is 4.79 Å². The lowest BCUT2D eigenvalue weighted by Gasteiger charge is -2.28. The SMILES string of the molecule is NCCCN(CC(=O)NCC1CC1)C1CCCC1. The van der Waals surface area contributed by atoms with Gasteiger partial charge in [0.15, 0.2) is 0 Å². The average Bonchev–Trinajstić information content (AvgIpc) is 3.04. The monoisotopic (exact) mass is 253 g/mol. The molecule has 2 aliphatic rings. The number of hydrogen-bond acceptors (Lipinski definition) is 3. The Bertz CT molecular complexity index is 260. The highest BCUT2D eigenvalue weighted by molar-refractivity contribution is 5.78. The van der Waals surface area contributed by atoms with Crippen molar-refractivity contribution in [1.29, 1.82) is 0 Å². The molecule has 2 saturated carbocycles. The van der Waals surface area contributed by atoms with Crippen molar-refractivity contribution in [2.45, 2.75) is 51.0 Å². The number of nitrogens with one attached hydrogen (secondary N) is 1. The maximum atomic E-state index is 11.9. The third-order valence-electron chi connectivity index (χ3n) is 4.12. The van der Waals surface area contributed by atoms with Gasteiger partial charge in [0.2, 0.25) is 5.91 Å². The molecule has 0 heterocycles. The van der Waals surface area contributed by atoms with Crippen LogP contribution in [0.2, 0.25) is 0 Å². The number of rotatable bonds is 8. The summed E-state index contributed by atoms with van der Waals surface area (Å²) in [5.74, 6) is 0.962. The van der Waals surface area contributed by atoms with Gasteiger partial charge in [-0.05, 0) is 44.6 Å². The minimum atomic E-state index is 0.200. The first kappa shape index (κ1) is 13.8. The van der Waals surface area contributed by atoms with Crippen LogP contribution in [-0.4, -0.2) is 43.0 Å². The second-order valence-electron chi connectivity index (χ2n) is 5.80. The van der Waals surface area contributed by atoms with E-state index in [1.54, 1.807) is 0 Å². The van der Waals surface area contributed by atoms with Crippen molar-refractivity contribution in [2.24, 2.45) is 11.7 Å². The molecule has 0 spiro atoms. The Morgan fingerprint density at radius 1 is 1.22 bits per heavy atom. The molecule has 18 heavy (non-hydrogen) atoms. The summed E-state index contributed by atoms with van der Waals surface area (Å²) in [5, 5.41) is 3.06. The molecule has 0 aliphatic heterocycles. The van der Waals surface area contributed by atoms with Gasteiger partial charge in [0.25, 0.3) is 0 Å². The largest absolute Gasteiger partial charge is 0.355 e. The molecule has 0 saturated heterocycles. The first-order chi connectivity index (χ1) is 8.79. The van der Waals surface area contributed by atoms with E-state index in [0.29, 0.717) is 19.1 Å². The van der Waals surface area contributed by atoms with Crippen LogP contribution in [0.15, 0.2) is 0 Å². The van der Waals surface area contributed by atoms with Crippen molar-refractivity contribution in [3.63, 3.8) is 0 Å². The second-order valence-corrected chi connectivity index (χ2v) is 5.80. The Hall–Kier alpha value is -0.610. The molecular formula is C14H27N3O. The zero-order valence-electron chi connectivity index (χ0n) is 11.4. The van der Waals surface area contributed by atoms with Gasteiger partial charge < -0.3 is 11.1 Å². The molecule has 2 fully saturated rings. The molecule has 0 aromatic carbocycles. The number of hydrogen-bond donors (Lipinski definition) is 2. The van der Waals surface area contributed by atoms with Gasteiger partial charge in [0.05, 0.1) is 6.54 Å². The molecule has 4 heteroatoms. The number of nitrogens with two attached hydrogens (primary N) is 1. The minimum Gasteiger partial charge on any atom is -0.355 e. The highest BCUT2D eigenvalue weighted by Gasteiger charge is 2.25. The molecule has 104 valence electrons. The van der Waals surface area contributed by atoms with Gasteiger partial charge in [-0.3, -0.25) is 9.69 Å².